The van der Waals surface area contributed by atoms with Crippen molar-refractivity contribution < 1.29 is 0 Å². The van der Waals surface area contributed by atoms with Gasteiger partial charge in [0.1, 0.15) is 12.1 Å². The lowest BCUT2D eigenvalue weighted by Gasteiger charge is -2.18. The highest BCUT2D eigenvalue weighted by atomic mass is 15.0. The van der Waals surface area contributed by atoms with Gasteiger partial charge in [0.2, 0.25) is 11.4 Å². The maximum Gasteiger partial charge on any atom is 0.212 e. The van der Waals surface area contributed by atoms with E-state index in [0.717, 1.165) is 204 Å². The van der Waals surface area contributed by atoms with Gasteiger partial charge in [0.15, 0.2) is 0 Å². The molecule has 21 aromatic carbocycles. The van der Waals surface area contributed by atoms with Crippen LogP contribution in [0.25, 0.3) is 241 Å². The molecule has 6 heterocycles. The molecule has 0 fully saturated rings. The number of nitrogens with zero attached hydrogens (tertiary/aromatic N) is 15. The van der Waals surface area contributed by atoms with Crippen molar-refractivity contribution in [1.29, 1.82) is 36.8 Å². The first-order valence-corrected chi connectivity index (χ1v) is 48.8. The van der Waals surface area contributed by atoms with Gasteiger partial charge in [-0.2, -0.15) is 36.8 Å². The highest BCUT2D eigenvalue weighted by molar-refractivity contribution is 6.17. The predicted molar refractivity (Wildman–Crippen MR) is 604 cm³/mol. The molecule has 15 heteroatoms. The van der Waals surface area contributed by atoms with E-state index >= 15 is 0 Å². The lowest BCUT2D eigenvalue weighted by molar-refractivity contribution is 1.16. The lowest BCUT2D eigenvalue weighted by Crippen LogP contribution is -2.02. The van der Waals surface area contributed by atoms with Crippen molar-refractivity contribution >= 4 is 142 Å². The summed E-state index contributed by atoms with van der Waals surface area (Å²) in [7, 11) is 0. The largest absolute Gasteiger partial charge is 0.319 e. The van der Waals surface area contributed by atoms with Gasteiger partial charge >= 0.3 is 0 Å². The van der Waals surface area contributed by atoms with E-state index in [4.69, 9.17) is 13.1 Å². The van der Waals surface area contributed by atoms with Crippen LogP contribution in [0.5, 0.6) is 0 Å². The zero-order valence-corrected chi connectivity index (χ0v) is 80.0. The molecule has 0 radical (unpaired) electrons. The molecule has 0 aliphatic heterocycles. The minimum absolute atomic E-state index is 0.329. The fraction of sp³-hybridized carbons (Fsp3) is 0. The monoisotopic (exact) mass is 1910 g/mol. The average molecular weight is 1910 g/mol. The highest BCUT2D eigenvalue weighted by Gasteiger charge is 2.29. The van der Waals surface area contributed by atoms with E-state index < -0.39 is 0 Å². The standard InChI is InChI=1S/3C45H25N5/c1-48-39-26-30(25-31(28-47)45(39)50-42-20-10-5-15-35(42)36-16-6-11-21-43(36)50)32-12-2-3-13-33(32)34-14-4-8-18-40(34)49-41-19-9-7-17-37(41)38-24-29(27-46)22-23-44(38)49;1-48-39-26-37(30(28-47)25-45(39)50-41-19-9-5-15-34(41)35-16-6-10-20-42(35)50)32-13-3-2-12-31(32)33-14-4-8-18-40(33)49-43-21-11-7-17-36(43)38-24-29(27-46)22-23-44(38)49;46-26-29-21-23-44-37(25-29)36-16-6-10-20-43(36)49(44)40-17-7-3-13-33(40)31-12-2-1-11-30(31)32-22-24-45(39(28-48)38(32)27-47)50-41-18-8-4-14-34(41)35-15-5-9-19-42(35)50/h2*2-26H;1-25H. The van der Waals surface area contributed by atoms with Crippen molar-refractivity contribution in [2.45, 2.75) is 0 Å². The first kappa shape index (κ1) is 89.2. The van der Waals surface area contributed by atoms with E-state index in [9.17, 15) is 36.8 Å². The van der Waals surface area contributed by atoms with Crippen molar-refractivity contribution in [2.75, 3.05) is 0 Å². The third kappa shape index (κ3) is 14.4. The Bertz CT molecular complexity index is 10300. The van der Waals surface area contributed by atoms with E-state index in [2.05, 4.69) is 237 Å². The summed E-state index contributed by atoms with van der Waals surface area (Å²) in [6.07, 6.45) is 0. The number of aromatic nitrogens is 6. The SMILES string of the molecule is N#Cc1ccc2c(c1)c1ccccc1n2-c1ccccc1-c1ccccc1-c1ccc(-n2c3ccccc3c3ccccc32)c(C#N)c1C#N.[C-]#[N+]c1cc(-c2ccccc2-c2ccccc2-n2c3ccccc3c3cc(C#N)ccc32)c(C#N)cc1-n1c2ccccc2c2ccccc21.[C-]#[N+]c1cc(-c2ccccc2-c2ccccc2-n2c3ccccc3c3cc(C#N)ccc32)cc(C#N)c1-n1c2ccccc2c2ccccc21. The van der Waals surface area contributed by atoms with E-state index in [1.807, 2.05) is 297 Å². The first-order chi connectivity index (χ1) is 74.1. The van der Waals surface area contributed by atoms with Gasteiger partial charge in [-0.05, 0) is 202 Å². The van der Waals surface area contributed by atoms with Crippen LogP contribution in [0.4, 0.5) is 11.4 Å². The van der Waals surface area contributed by atoms with Crippen LogP contribution in [0, 0.1) is 92.5 Å². The third-order valence-corrected chi connectivity index (χ3v) is 28.9. The second-order valence-electron chi connectivity index (χ2n) is 36.7. The number of para-hydroxylation sites is 12. The molecular weight excluding hydrogens is 1830 g/mol. The minimum atomic E-state index is 0.329. The maximum atomic E-state index is 10.7. The van der Waals surface area contributed by atoms with E-state index in [1.54, 1.807) is 0 Å². The summed E-state index contributed by atoms with van der Waals surface area (Å²) in [5, 5.41) is 84.5. The molecule has 0 bridgehead atoms. The summed E-state index contributed by atoms with van der Waals surface area (Å²) in [5.41, 5.74) is 31.7. The number of fused-ring (bicyclic) bond motifs is 18. The molecule has 0 saturated heterocycles. The second-order valence-corrected chi connectivity index (χ2v) is 36.7. The Morgan fingerprint density at radius 2 is 0.433 bits per heavy atom. The maximum absolute atomic E-state index is 10.7. The summed E-state index contributed by atoms with van der Waals surface area (Å²) in [6.45, 7) is 16.7. The van der Waals surface area contributed by atoms with Crippen LogP contribution in [0.1, 0.15) is 38.9 Å². The fourth-order valence-corrected chi connectivity index (χ4v) is 22.6. The highest BCUT2D eigenvalue weighted by Crippen LogP contribution is 2.50. The van der Waals surface area contributed by atoms with Gasteiger partial charge in [-0.25, -0.2) is 9.69 Å². The second kappa shape index (κ2) is 37.0. The molecule has 0 amide bonds. The Labute approximate surface area is 860 Å². The molecule has 690 valence electrons. The molecule has 0 aliphatic carbocycles. The molecule has 27 rings (SSSR count). The summed E-state index contributed by atoms with van der Waals surface area (Å²) in [4.78, 5) is 8.07. The Hall–Kier alpha value is -22.2. The van der Waals surface area contributed by atoms with Crippen molar-refractivity contribution in [3.05, 3.63) is 517 Å². The van der Waals surface area contributed by atoms with Gasteiger partial charge in [-0.3, -0.25) is 0 Å². The zero-order chi connectivity index (χ0) is 101. The summed E-state index contributed by atoms with van der Waals surface area (Å²) in [6, 6.07) is 168. The van der Waals surface area contributed by atoms with E-state index in [0.29, 0.717) is 78.5 Å². The van der Waals surface area contributed by atoms with Gasteiger partial charge in [-0.1, -0.05) is 297 Å². The first-order valence-electron chi connectivity index (χ1n) is 48.8. The number of benzene rings is 21. The molecule has 0 unspecified atom stereocenters. The van der Waals surface area contributed by atoms with Crippen LogP contribution in [0.3, 0.4) is 0 Å². The normalized spacial score (nSPS) is 11.1. The zero-order valence-electron chi connectivity index (χ0n) is 80.0. The molecular formula is C135H75N15. The summed E-state index contributed by atoms with van der Waals surface area (Å²) in [5.74, 6) is 0. The average Bonchev–Trinajstić information content (AvgIpc) is 1.40. The van der Waals surface area contributed by atoms with Crippen molar-refractivity contribution in [3.63, 3.8) is 0 Å². The Kier molecular flexibility index (Phi) is 22.0. The van der Waals surface area contributed by atoms with Crippen LogP contribution in [0.15, 0.2) is 455 Å². The minimum Gasteiger partial charge on any atom is -0.319 e. The topological polar surface area (TPSA) is 205 Å². The van der Waals surface area contributed by atoms with Gasteiger partial charge in [-0.15, -0.1) is 0 Å². The van der Waals surface area contributed by atoms with Gasteiger partial charge in [0, 0.05) is 86.9 Å². The third-order valence-electron chi connectivity index (χ3n) is 28.9. The number of hydrogen-bond donors (Lipinski definition) is 0. The van der Waals surface area contributed by atoms with Crippen LogP contribution in [0.2, 0.25) is 0 Å². The summed E-state index contributed by atoms with van der Waals surface area (Å²) < 4.78 is 13.0. The molecule has 0 aliphatic rings. The van der Waals surface area contributed by atoms with E-state index in [-0.39, 0.29) is 0 Å². The predicted octanol–water partition coefficient (Wildman–Crippen LogP) is 33.8. The van der Waals surface area contributed by atoms with Crippen LogP contribution >= 0.6 is 0 Å². The fourth-order valence-electron chi connectivity index (χ4n) is 22.6. The molecule has 0 saturated carbocycles. The molecule has 15 nitrogen and oxygen atoms in total. The smallest absolute Gasteiger partial charge is 0.212 e. The number of nitriles is 7. The Balaban J connectivity index is 0.000000116. The van der Waals surface area contributed by atoms with Crippen LogP contribution < -0.4 is 0 Å². The molecule has 150 heavy (non-hydrogen) atoms. The van der Waals surface area contributed by atoms with Gasteiger partial charge in [0.05, 0.1) is 183 Å². The van der Waals surface area contributed by atoms with Crippen LogP contribution in [-0.2, 0) is 0 Å². The Morgan fingerprint density at radius 1 is 0.167 bits per heavy atom. The van der Waals surface area contributed by atoms with Gasteiger partial charge in [0.25, 0.3) is 0 Å². The molecule has 0 N–H and O–H groups in total. The lowest BCUT2D eigenvalue weighted by atomic mass is 9.89. The molecule has 6 aromatic heterocycles. The Morgan fingerprint density at radius 3 is 0.760 bits per heavy atom. The van der Waals surface area contributed by atoms with Crippen molar-refractivity contribution in [2.24, 2.45) is 0 Å². The van der Waals surface area contributed by atoms with Gasteiger partial charge < -0.3 is 27.4 Å². The summed E-state index contributed by atoms with van der Waals surface area (Å²) >= 11 is 0. The number of rotatable bonds is 12. The quantitative estimate of drug-likeness (QED) is 0.108. The van der Waals surface area contributed by atoms with Crippen molar-refractivity contribution in [3.8, 4) is 143 Å². The molecule has 27 aromatic rings. The van der Waals surface area contributed by atoms with E-state index in [1.165, 1.54) is 0 Å². The molecule has 0 spiro atoms. The van der Waals surface area contributed by atoms with Crippen LogP contribution in [-0.4, -0.2) is 27.4 Å². The number of hydrogen-bond acceptors (Lipinski definition) is 7. The molecule has 0 atom stereocenters. The van der Waals surface area contributed by atoms with Crippen molar-refractivity contribution in [1.82, 2.24) is 27.4 Å².